The standard InChI is InChI=1S/C21H25F3IN3O2/c1-5-16-26-19(25)18-15(7-6-12-10-13(22)11-14(23)17(12)24)27(8-9-28(16)18)20(29)30-21(2,3)4/h10-11,15H,5-9H2,1-4H3. The molecular weight excluding hydrogens is 510 g/mol. The minimum atomic E-state index is -1.22. The number of aromatic nitrogens is 2. The fraction of sp³-hybridized carbons (Fsp3) is 0.524. The zero-order chi connectivity index (χ0) is 22.2. The predicted octanol–water partition coefficient (Wildman–Crippen LogP) is 5.39. The van der Waals surface area contributed by atoms with Gasteiger partial charge in [-0.3, -0.25) is 4.90 Å². The van der Waals surface area contributed by atoms with E-state index in [1.807, 2.05) is 6.92 Å². The molecule has 1 unspecified atom stereocenters. The molecule has 2 heterocycles. The first-order valence-corrected chi connectivity index (χ1v) is 11.0. The van der Waals surface area contributed by atoms with Gasteiger partial charge in [-0.15, -0.1) is 0 Å². The number of nitrogens with zero attached hydrogens (tertiary/aromatic N) is 3. The molecule has 2 aromatic rings. The van der Waals surface area contributed by atoms with Crippen LogP contribution in [0.2, 0.25) is 0 Å². The zero-order valence-corrected chi connectivity index (χ0v) is 19.6. The summed E-state index contributed by atoms with van der Waals surface area (Å²) in [4.78, 5) is 19.1. The SMILES string of the molecule is CCc1nc(I)c2n1CCN(C(=O)OC(C)(C)C)C2CCc1cc(F)cc(F)c1F. The third kappa shape index (κ3) is 4.76. The number of rotatable bonds is 4. The van der Waals surface area contributed by atoms with Gasteiger partial charge in [-0.05, 0) is 67.8 Å². The quantitative estimate of drug-likeness (QED) is 0.390. The van der Waals surface area contributed by atoms with Crippen LogP contribution in [0.5, 0.6) is 0 Å². The molecule has 0 N–H and O–H groups in total. The number of fused-ring (bicyclic) bond motifs is 1. The molecule has 0 radical (unpaired) electrons. The van der Waals surface area contributed by atoms with Crippen LogP contribution < -0.4 is 0 Å². The van der Waals surface area contributed by atoms with Crippen LogP contribution in [0.3, 0.4) is 0 Å². The summed E-state index contributed by atoms with van der Waals surface area (Å²) < 4.78 is 49.8. The number of hydrogen-bond acceptors (Lipinski definition) is 3. The van der Waals surface area contributed by atoms with Crippen molar-refractivity contribution in [1.82, 2.24) is 14.5 Å². The lowest BCUT2D eigenvalue weighted by molar-refractivity contribution is 0.00932. The molecule has 1 aliphatic rings. The molecule has 9 heteroatoms. The third-order valence-corrected chi connectivity index (χ3v) is 5.79. The first-order chi connectivity index (χ1) is 14.0. The van der Waals surface area contributed by atoms with Crippen molar-refractivity contribution < 1.29 is 22.7 Å². The minimum absolute atomic E-state index is 0.0565. The van der Waals surface area contributed by atoms with E-state index < -0.39 is 35.2 Å². The number of ether oxygens (including phenoxy) is 1. The summed E-state index contributed by atoms with van der Waals surface area (Å²) in [6.07, 6.45) is 0.607. The Morgan fingerprint density at radius 1 is 1.27 bits per heavy atom. The van der Waals surface area contributed by atoms with Gasteiger partial charge in [0.05, 0.1) is 11.7 Å². The van der Waals surface area contributed by atoms with E-state index in [4.69, 9.17) is 4.74 Å². The van der Waals surface area contributed by atoms with Gasteiger partial charge in [0.1, 0.15) is 20.9 Å². The molecule has 1 atom stereocenters. The van der Waals surface area contributed by atoms with Crippen molar-refractivity contribution in [2.24, 2.45) is 0 Å². The van der Waals surface area contributed by atoms with Gasteiger partial charge in [-0.25, -0.2) is 22.9 Å². The lowest BCUT2D eigenvalue weighted by atomic mass is 10.00. The van der Waals surface area contributed by atoms with E-state index in [1.165, 1.54) is 0 Å². The molecule has 5 nitrogen and oxygen atoms in total. The Kier molecular flexibility index (Phi) is 6.69. The fourth-order valence-corrected chi connectivity index (χ4v) is 4.67. The van der Waals surface area contributed by atoms with Crippen molar-refractivity contribution in [3.05, 3.63) is 50.4 Å². The van der Waals surface area contributed by atoms with Gasteiger partial charge >= 0.3 is 6.09 Å². The Morgan fingerprint density at radius 2 is 1.97 bits per heavy atom. The van der Waals surface area contributed by atoms with Gasteiger partial charge in [0.15, 0.2) is 11.6 Å². The molecule has 0 spiro atoms. The number of benzene rings is 1. The van der Waals surface area contributed by atoms with Gasteiger partial charge in [-0.2, -0.15) is 0 Å². The molecule has 0 fully saturated rings. The number of aryl methyl sites for hydroxylation is 2. The Hall–Kier alpha value is -1.78. The highest BCUT2D eigenvalue weighted by Gasteiger charge is 2.37. The molecule has 0 saturated heterocycles. The maximum absolute atomic E-state index is 14.2. The molecular formula is C21H25F3IN3O2. The lowest BCUT2D eigenvalue weighted by Crippen LogP contribution is -2.45. The van der Waals surface area contributed by atoms with Crippen LogP contribution >= 0.6 is 22.6 Å². The van der Waals surface area contributed by atoms with E-state index in [0.29, 0.717) is 19.2 Å². The highest BCUT2D eigenvalue weighted by atomic mass is 127. The van der Waals surface area contributed by atoms with Crippen LogP contribution in [-0.4, -0.2) is 32.7 Å². The molecule has 0 saturated carbocycles. The molecule has 1 aliphatic heterocycles. The summed E-state index contributed by atoms with van der Waals surface area (Å²) in [5, 5.41) is 0. The summed E-state index contributed by atoms with van der Waals surface area (Å²) in [7, 11) is 0. The first kappa shape index (κ1) is 22.9. The highest BCUT2D eigenvalue weighted by Crippen LogP contribution is 2.35. The smallest absolute Gasteiger partial charge is 0.410 e. The summed E-state index contributed by atoms with van der Waals surface area (Å²) in [6.45, 7) is 8.36. The lowest BCUT2D eigenvalue weighted by Gasteiger charge is -2.38. The number of amides is 1. The second kappa shape index (κ2) is 8.76. The topological polar surface area (TPSA) is 47.4 Å². The van der Waals surface area contributed by atoms with Crippen LogP contribution in [0.4, 0.5) is 18.0 Å². The van der Waals surface area contributed by atoms with Gasteiger partial charge < -0.3 is 9.30 Å². The third-order valence-electron chi connectivity index (χ3n) is 5.00. The van der Waals surface area contributed by atoms with Crippen LogP contribution in [-0.2, 0) is 24.1 Å². The Labute approximate surface area is 187 Å². The van der Waals surface area contributed by atoms with Crippen molar-refractivity contribution in [1.29, 1.82) is 0 Å². The van der Waals surface area contributed by atoms with Crippen molar-refractivity contribution in [3.63, 3.8) is 0 Å². The zero-order valence-electron chi connectivity index (χ0n) is 17.4. The fourth-order valence-electron chi connectivity index (χ4n) is 3.74. The van der Waals surface area contributed by atoms with E-state index in [2.05, 4.69) is 32.1 Å². The Bertz CT molecular complexity index is 956. The maximum atomic E-state index is 14.2. The van der Waals surface area contributed by atoms with Gasteiger partial charge in [0, 0.05) is 25.6 Å². The molecule has 3 rings (SSSR count). The average Bonchev–Trinajstić information content (AvgIpc) is 2.98. The minimum Gasteiger partial charge on any atom is -0.444 e. The predicted molar refractivity (Wildman–Crippen MR) is 115 cm³/mol. The number of carbonyl (C=O) groups is 1. The summed E-state index contributed by atoms with van der Waals surface area (Å²) in [5.74, 6) is -2.20. The summed E-state index contributed by atoms with van der Waals surface area (Å²) in [5.41, 5.74) is 0.125. The van der Waals surface area contributed by atoms with Gasteiger partial charge in [0.25, 0.3) is 0 Å². The number of hydrogen-bond donors (Lipinski definition) is 0. The van der Waals surface area contributed by atoms with E-state index >= 15 is 0 Å². The largest absolute Gasteiger partial charge is 0.444 e. The normalized spacial score (nSPS) is 16.5. The van der Waals surface area contributed by atoms with Gasteiger partial charge in [-0.1, -0.05) is 6.92 Å². The van der Waals surface area contributed by atoms with E-state index in [-0.39, 0.29) is 18.4 Å². The van der Waals surface area contributed by atoms with E-state index in [9.17, 15) is 18.0 Å². The monoisotopic (exact) mass is 535 g/mol. The van der Waals surface area contributed by atoms with E-state index in [0.717, 1.165) is 27.7 Å². The molecule has 0 aliphatic carbocycles. The van der Waals surface area contributed by atoms with Gasteiger partial charge in [0.2, 0.25) is 0 Å². The molecule has 1 amide bonds. The van der Waals surface area contributed by atoms with Crippen LogP contribution in [0.15, 0.2) is 12.1 Å². The van der Waals surface area contributed by atoms with Crippen molar-refractivity contribution in [2.75, 3.05) is 6.54 Å². The van der Waals surface area contributed by atoms with Crippen molar-refractivity contribution >= 4 is 28.7 Å². The average molecular weight is 535 g/mol. The summed E-state index contributed by atoms with van der Waals surface area (Å²) in [6, 6.07) is 1.08. The number of imidazole rings is 1. The number of halogens is 4. The van der Waals surface area contributed by atoms with Crippen LogP contribution in [0.1, 0.15) is 57.2 Å². The van der Waals surface area contributed by atoms with Crippen molar-refractivity contribution in [3.8, 4) is 0 Å². The second-order valence-corrected chi connectivity index (χ2v) is 9.32. The number of carbonyl (C=O) groups excluding carboxylic acids is 1. The first-order valence-electron chi connectivity index (χ1n) is 9.89. The molecule has 164 valence electrons. The Balaban J connectivity index is 1.95. The molecule has 30 heavy (non-hydrogen) atoms. The van der Waals surface area contributed by atoms with E-state index in [1.54, 1.807) is 25.7 Å². The van der Waals surface area contributed by atoms with Crippen molar-refractivity contribution in [2.45, 2.75) is 65.1 Å². The molecule has 1 aromatic heterocycles. The van der Waals surface area contributed by atoms with Crippen LogP contribution in [0.25, 0.3) is 0 Å². The highest BCUT2D eigenvalue weighted by molar-refractivity contribution is 14.1. The van der Waals surface area contributed by atoms with Crippen LogP contribution in [0, 0.1) is 21.2 Å². The summed E-state index contributed by atoms with van der Waals surface area (Å²) >= 11 is 2.13. The second-order valence-electron chi connectivity index (χ2n) is 8.30. The molecule has 0 bridgehead atoms. The molecule has 1 aromatic carbocycles. The maximum Gasteiger partial charge on any atom is 0.410 e. The Morgan fingerprint density at radius 3 is 2.60 bits per heavy atom.